The fraction of sp³-hybridized carbons (Fsp3) is 0.571. The predicted octanol–water partition coefficient (Wildman–Crippen LogP) is 0.291. The average molecular weight is 137 g/mol. The molecule has 1 fully saturated rings. The van der Waals surface area contributed by atoms with E-state index < -0.39 is 0 Å². The van der Waals surface area contributed by atoms with Gasteiger partial charge in [-0.05, 0) is 18.9 Å². The van der Waals surface area contributed by atoms with Crippen LogP contribution in [0.5, 0.6) is 0 Å². The van der Waals surface area contributed by atoms with Crippen LogP contribution in [0.15, 0.2) is 17.3 Å². The molecule has 54 valence electrons. The van der Waals surface area contributed by atoms with Gasteiger partial charge in [0.1, 0.15) is 0 Å². The van der Waals surface area contributed by atoms with Gasteiger partial charge in [0.25, 0.3) is 0 Å². The number of hydrogen-bond acceptors (Lipinski definition) is 3. The predicted molar refractivity (Wildman–Crippen MR) is 40.5 cm³/mol. The number of rotatable bonds is 1. The van der Waals surface area contributed by atoms with Gasteiger partial charge in [-0.1, -0.05) is 0 Å². The lowest BCUT2D eigenvalue weighted by molar-refractivity contribution is 0.277. The minimum atomic E-state index is -0.127. The van der Waals surface area contributed by atoms with Gasteiger partial charge < -0.3 is 4.90 Å². The highest BCUT2D eigenvalue weighted by molar-refractivity contribution is 5.71. The molecule has 0 amide bonds. The molecule has 3 heteroatoms. The van der Waals surface area contributed by atoms with E-state index in [0.717, 1.165) is 0 Å². The summed E-state index contributed by atoms with van der Waals surface area (Å²) in [6.07, 6.45) is 8.12. The van der Waals surface area contributed by atoms with Crippen LogP contribution >= 0.6 is 0 Å². The van der Waals surface area contributed by atoms with Crippen molar-refractivity contribution in [3.8, 4) is 0 Å². The van der Waals surface area contributed by atoms with E-state index in [0.29, 0.717) is 6.04 Å². The molecule has 2 N–H and O–H groups in total. The van der Waals surface area contributed by atoms with E-state index >= 15 is 0 Å². The first-order valence-electron chi connectivity index (χ1n) is 3.61. The SMILES string of the molecule is NC1N=CC=CN1C1CC1. The zero-order chi connectivity index (χ0) is 6.97. The van der Waals surface area contributed by atoms with Gasteiger partial charge in [0.15, 0.2) is 6.29 Å². The molecule has 0 aromatic rings. The van der Waals surface area contributed by atoms with Crippen molar-refractivity contribution in [1.29, 1.82) is 0 Å². The maximum atomic E-state index is 5.70. The van der Waals surface area contributed by atoms with Gasteiger partial charge in [-0.15, -0.1) is 0 Å². The maximum Gasteiger partial charge on any atom is 0.173 e. The van der Waals surface area contributed by atoms with Crippen molar-refractivity contribution in [1.82, 2.24) is 4.90 Å². The van der Waals surface area contributed by atoms with Crippen molar-refractivity contribution >= 4 is 6.21 Å². The Morgan fingerprint density at radius 3 is 2.90 bits per heavy atom. The number of hydrogen-bond donors (Lipinski definition) is 1. The topological polar surface area (TPSA) is 41.6 Å². The van der Waals surface area contributed by atoms with Gasteiger partial charge in [-0.25, -0.2) is 0 Å². The summed E-state index contributed by atoms with van der Waals surface area (Å²) in [7, 11) is 0. The van der Waals surface area contributed by atoms with E-state index in [9.17, 15) is 0 Å². The first-order chi connectivity index (χ1) is 4.88. The Morgan fingerprint density at radius 2 is 2.30 bits per heavy atom. The summed E-state index contributed by atoms with van der Waals surface area (Å²) in [5, 5.41) is 0. The molecule has 1 heterocycles. The van der Waals surface area contributed by atoms with Crippen molar-refractivity contribution < 1.29 is 0 Å². The molecule has 0 saturated heterocycles. The van der Waals surface area contributed by atoms with Crippen molar-refractivity contribution in [2.75, 3.05) is 0 Å². The quantitative estimate of drug-likeness (QED) is 0.564. The van der Waals surface area contributed by atoms with Gasteiger partial charge in [0.2, 0.25) is 0 Å². The average Bonchev–Trinajstić information content (AvgIpc) is 2.71. The first kappa shape index (κ1) is 5.92. The van der Waals surface area contributed by atoms with Crippen molar-refractivity contribution in [2.45, 2.75) is 25.2 Å². The molecule has 1 unspecified atom stereocenters. The van der Waals surface area contributed by atoms with E-state index in [-0.39, 0.29) is 6.29 Å². The first-order valence-corrected chi connectivity index (χ1v) is 3.61. The minimum absolute atomic E-state index is 0.127. The Balaban J connectivity index is 2.06. The van der Waals surface area contributed by atoms with Crippen molar-refractivity contribution in [3.05, 3.63) is 12.3 Å². The van der Waals surface area contributed by atoms with Gasteiger partial charge in [0.05, 0.1) is 0 Å². The zero-order valence-corrected chi connectivity index (χ0v) is 5.77. The van der Waals surface area contributed by atoms with E-state index in [1.54, 1.807) is 6.21 Å². The highest BCUT2D eigenvalue weighted by Gasteiger charge is 2.30. The van der Waals surface area contributed by atoms with E-state index in [1.807, 2.05) is 12.3 Å². The second kappa shape index (κ2) is 2.09. The Kier molecular flexibility index (Phi) is 1.24. The van der Waals surface area contributed by atoms with Crippen LogP contribution in [0, 0.1) is 0 Å². The third kappa shape index (κ3) is 0.926. The van der Waals surface area contributed by atoms with E-state index in [2.05, 4.69) is 9.89 Å². The largest absolute Gasteiger partial charge is 0.341 e. The van der Waals surface area contributed by atoms with Crippen LogP contribution in [0.1, 0.15) is 12.8 Å². The molecule has 0 radical (unpaired) electrons. The summed E-state index contributed by atoms with van der Waals surface area (Å²) in [6.45, 7) is 0. The second-order valence-corrected chi connectivity index (χ2v) is 2.73. The fourth-order valence-electron chi connectivity index (χ4n) is 1.15. The Hall–Kier alpha value is -0.830. The summed E-state index contributed by atoms with van der Waals surface area (Å²) in [4.78, 5) is 6.18. The Morgan fingerprint density at radius 1 is 1.50 bits per heavy atom. The third-order valence-electron chi connectivity index (χ3n) is 1.86. The fourth-order valence-corrected chi connectivity index (χ4v) is 1.15. The molecule has 1 atom stereocenters. The second-order valence-electron chi connectivity index (χ2n) is 2.73. The highest BCUT2D eigenvalue weighted by Crippen LogP contribution is 2.28. The molecule has 3 nitrogen and oxygen atoms in total. The van der Waals surface area contributed by atoms with Gasteiger partial charge in [0, 0.05) is 18.5 Å². The van der Waals surface area contributed by atoms with Crippen LogP contribution in [-0.4, -0.2) is 23.4 Å². The number of nitrogens with two attached hydrogens (primary N) is 1. The molecule has 1 aliphatic carbocycles. The molecule has 10 heavy (non-hydrogen) atoms. The number of nitrogens with zero attached hydrogens (tertiary/aromatic N) is 2. The van der Waals surface area contributed by atoms with Crippen LogP contribution in [0.3, 0.4) is 0 Å². The van der Waals surface area contributed by atoms with Gasteiger partial charge >= 0.3 is 0 Å². The van der Waals surface area contributed by atoms with Crippen LogP contribution in [0.4, 0.5) is 0 Å². The molecule has 0 aromatic heterocycles. The van der Waals surface area contributed by atoms with Crippen LogP contribution < -0.4 is 5.73 Å². The van der Waals surface area contributed by atoms with Crippen LogP contribution in [0.25, 0.3) is 0 Å². The summed E-state index contributed by atoms with van der Waals surface area (Å²) < 4.78 is 0. The number of aliphatic imine (C=N–C) groups is 1. The summed E-state index contributed by atoms with van der Waals surface area (Å²) in [5.41, 5.74) is 5.70. The lowest BCUT2D eigenvalue weighted by Gasteiger charge is -2.25. The lowest BCUT2D eigenvalue weighted by atomic mass is 10.4. The number of allylic oxidation sites excluding steroid dienone is 1. The molecule has 2 rings (SSSR count). The standard InChI is InChI=1S/C7H11N3/c8-7-9-4-1-5-10(7)6-2-3-6/h1,4-7H,2-3,8H2. The monoisotopic (exact) mass is 137 g/mol. The van der Waals surface area contributed by atoms with E-state index in [1.165, 1.54) is 12.8 Å². The molecule has 0 aromatic carbocycles. The zero-order valence-electron chi connectivity index (χ0n) is 5.77. The van der Waals surface area contributed by atoms with Crippen LogP contribution in [0.2, 0.25) is 0 Å². The van der Waals surface area contributed by atoms with Gasteiger partial charge in [-0.2, -0.15) is 0 Å². The van der Waals surface area contributed by atoms with Gasteiger partial charge in [-0.3, -0.25) is 10.7 Å². The highest BCUT2D eigenvalue weighted by atomic mass is 15.3. The third-order valence-corrected chi connectivity index (χ3v) is 1.86. The lowest BCUT2D eigenvalue weighted by Crippen LogP contribution is -2.39. The molecule has 1 aliphatic heterocycles. The molecular formula is C7H11N3. The normalized spacial score (nSPS) is 31.3. The molecule has 0 bridgehead atoms. The molecule has 0 spiro atoms. The Bertz CT molecular complexity index is 181. The molecular weight excluding hydrogens is 126 g/mol. The Labute approximate surface area is 60.2 Å². The maximum absolute atomic E-state index is 5.70. The molecule has 2 aliphatic rings. The van der Waals surface area contributed by atoms with Crippen molar-refractivity contribution in [2.24, 2.45) is 10.7 Å². The smallest absolute Gasteiger partial charge is 0.173 e. The van der Waals surface area contributed by atoms with Crippen LogP contribution in [-0.2, 0) is 0 Å². The van der Waals surface area contributed by atoms with E-state index in [4.69, 9.17) is 5.73 Å². The summed E-state index contributed by atoms with van der Waals surface area (Å²) in [5.74, 6) is 0. The van der Waals surface area contributed by atoms with Crippen molar-refractivity contribution in [3.63, 3.8) is 0 Å². The molecule has 1 saturated carbocycles. The summed E-state index contributed by atoms with van der Waals surface area (Å²) >= 11 is 0. The summed E-state index contributed by atoms with van der Waals surface area (Å²) in [6, 6.07) is 0.670. The minimum Gasteiger partial charge on any atom is -0.341 e.